The molecule has 0 heterocycles. The first-order valence-electron chi connectivity index (χ1n) is 38.9. The van der Waals surface area contributed by atoms with Gasteiger partial charge in [-0.25, -0.2) is 0 Å². The minimum atomic E-state index is -4.65. The number of phosphoric ester groups is 1. The van der Waals surface area contributed by atoms with Crippen LogP contribution in [0.1, 0.15) is 361 Å². The molecule has 0 amide bonds. The van der Waals surface area contributed by atoms with E-state index in [1.54, 1.807) is 0 Å². The second-order valence-electron chi connectivity index (χ2n) is 27.3. The lowest BCUT2D eigenvalue weighted by molar-refractivity contribution is -0.870. The Morgan fingerprint density at radius 3 is 0.935 bits per heavy atom. The van der Waals surface area contributed by atoms with Crippen molar-refractivity contribution >= 4 is 19.8 Å². The quantitative estimate of drug-likeness (QED) is 0.0195. The Hall–Kier alpha value is -3.07. The average Bonchev–Trinajstić information content (AvgIpc) is 2.14. The minimum absolute atomic E-state index is 0.0312. The lowest BCUT2D eigenvalue weighted by atomic mass is 10.0. The lowest BCUT2D eigenvalue weighted by Crippen LogP contribution is -2.37. The number of nitrogens with zero attached hydrogens (tertiary/aromatic N) is 1. The average molecular weight is 1310 g/mol. The summed E-state index contributed by atoms with van der Waals surface area (Å²) >= 11 is 0. The summed E-state index contributed by atoms with van der Waals surface area (Å²) < 4.78 is 34.4. The van der Waals surface area contributed by atoms with Crippen LogP contribution >= 0.6 is 7.82 Å². The van der Waals surface area contributed by atoms with Gasteiger partial charge in [0.05, 0.1) is 27.7 Å². The Kier molecular flexibility index (Phi) is 69.8. The van der Waals surface area contributed by atoms with Crippen LogP contribution in [0.3, 0.4) is 0 Å². The van der Waals surface area contributed by atoms with Crippen molar-refractivity contribution in [3.63, 3.8) is 0 Å². The molecule has 0 spiro atoms. The molecule has 0 bridgehead atoms. The molecule has 0 aromatic rings. The van der Waals surface area contributed by atoms with E-state index in [1.807, 2.05) is 21.1 Å². The molecule has 0 N–H and O–H groups in total. The highest BCUT2D eigenvalue weighted by Gasteiger charge is 2.22. The van der Waals surface area contributed by atoms with Crippen LogP contribution < -0.4 is 4.89 Å². The van der Waals surface area contributed by atoms with Crippen molar-refractivity contribution in [3.05, 3.63) is 97.2 Å². The molecule has 0 aliphatic heterocycles. The number of hydrogen-bond donors (Lipinski definition) is 0. The normalized spacial score (nSPS) is 13.6. The summed E-state index contributed by atoms with van der Waals surface area (Å²) in [6.07, 6.45) is 101. The van der Waals surface area contributed by atoms with Crippen molar-refractivity contribution < 1.29 is 42.1 Å². The molecule has 0 aromatic carbocycles. The summed E-state index contributed by atoms with van der Waals surface area (Å²) in [6, 6.07) is 0. The summed E-state index contributed by atoms with van der Waals surface area (Å²) in [5.41, 5.74) is 0. The number of quaternary nitrogens is 1. The Morgan fingerprint density at radius 2 is 0.620 bits per heavy atom. The van der Waals surface area contributed by atoms with Crippen molar-refractivity contribution in [1.29, 1.82) is 0 Å². The van der Waals surface area contributed by atoms with E-state index in [0.29, 0.717) is 17.4 Å². The van der Waals surface area contributed by atoms with E-state index >= 15 is 0 Å². The fraction of sp³-hybridized carbons (Fsp3) is 0.780. The number of rotatable bonds is 72. The zero-order valence-electron chi connectivity index (χ0n) is 61.0. The number of phosphoric acid groups is 1. The fourth-order valence-corrected chi connectivity index (χ4v) is 11.9. The highest BCUT2D eigenvalue weighted by Crippen LogP contribution is 2.38. The molecular formula is C82H148NO8P. The SMILES string of the molecule is CC/C=C\C/C=C\C/C=C\C/C=C\C/C=C\C/C=C\C/C=C\CCCCCCCCCCCCCCCCCCCC(=O)OC(COC(=O)CCCCCCCCCCCCCCCCCCC/C=C\CCCCCCCCCC)COP(=O)([O-])OCC[N+](C)(C)C. The van der Waals surface area contributed by atoms with Gasteiger partial charge in [0.2, 0.25) is 0 Å². The standard InChI is InChI=1S/C82H148NO8P/c1-6-8-10-12-14-16-18-20-22-24-26-28-30-32-34-36-37-38-39-40-41-42-43-44-45-47-49-51-53-55-57-59-61-63-65-67-69-71-73-75-82(85)91-80(79-90-92(86,87)89-77-76-83(3,4)5)78-88-81(84)74-72-70-68-66-64-62-60-58-56-54-52-50-48-46-35-33-31-29-27-25-23-21-19-17-15-13-11-9-7-2/h8,10,14,16,20,22,25-28,32,34,37-38,40-41,80H,6-7,9,11-13,15,17-19,21,23-24,29-31,33,35-36,39,42-79H2,1-5H3/b10-8-,16-14-,22-20-,27-25-,28-26-,34-32-,38-37-,41-40-. The first kappa shape index (κ1) is 88.9. The third-order valence-corrected chi connectivity index (χ3v) is 18.1. The maximum Gasteiger partial charge on any atom is 0.306 e. The Bertz CT molecular complexity index is 1880. The van der Waals surface area contributed by atoms with Gasteiger partial charge in [0.1, 0.15) is 19.8 Å². The van der Waals surface area contributed by atoms with Crippen LogP contribution in [0.2, 0.25) is 0 Å². The van der Waals surface area contributed by atoms with E-state index in [0.717, 1.165) is 83.5 Å². The van der Waals surface area contributed by atoms with E-state index in [1.165, 1.54) is 244 Å². The topological polar surface area (TPSA) is 111 Å². The van der Waals surface area contributed by atoms with E-state index in [4.69, 9.17) is 18.5 Å². The van der Waals surface area contributed by atoms with Crippen molar-refractivity contribution in [1.82, 2.24) is 0 Å². The maximum absolute atomic E-state index is 12.9. The number of esters is 2. The summed E-state index contributed by atoms with van der Waals surface area (Å²) in [4.78, 5) is 38.2. The molecule has 0 aliphatic rings. The number of carbonyl (C=O) groups excluding carboxylic acids is 2. The molecule has 2 unspecified atom stereocenters. The summed E-state index contributed by atoms with van der Waals surface area (Å²) in [5, 5.41) is 0. The molecule has 0 saturated carbocycles. The number of carbonyl (C=O) groups is 2. The second-order valence-corrected chi connectivity index (χ2v) is 28.8. The number of allylic oxidation sites excluding steroid dienone is 16. The van der Waals surface area contributed by atoms with Gasteiger partial charge in [-0.3, -0.25) is 14.2 Å². The maximum atomic E-state index is 12.9. The molecule has 534 valence electrons. The second kappa shape index (κ2) is 72.2. The molecule has 92 heavy (non-hydrogen) atoms. The Labute approximate surface area is 570 Å². The molecule has 0 fully saturated rings. The van der Waals surface area contributed by atoms with Crippen LogP contribution in [-0.2, 0) is 32.7 Å². The van der Waals surface area contributed by atoms with Gasteiger partial charge in [0, 0.05) is 12.8 Å². The summed E-state index contributed by atoms with van der Waals surface area (Å²) in [6.45, 7) is 4.18. The molecule has 0 saturated heterocycles. The van der Waals surface area contributed by atoms with Crippen LogP contribution in [0.4, 0.5) is 0 Å². The Balaban J connectivity index is 3.97. The van der Waals surface area contributed by atoms with Gasteiger partial charge in [-0.2, -0.15) is 0 Å². The number of hydrogen-bond acceptors (Lipinski definition) is 8. The van der Waals surface area contributed by atoms with Gasteiger partial charge < -0.3 is 27.9 Å². The number of unbranched alkanes of at least 4 members (excludes halogenated alkanes) is 42. The zero-order valence-corrected chi connectivity index (χ0v) is 61.9. The van der Waals surface area contributed by atoms with Gasteiger partial charge in [0.25, 0.3) is 7.82 Å². The fourth-order valence-electron chi connectivity index (χ4n) is 11.2. The van der Waals surface area contributed by atoms with Crippen molar-refractivity contribution in [2.75, 3.05) is 47.5 Å². The monoisotopic (exact) mass is 1310 g/mol. The van der Waals surface area contributed by atoms with Gasteiger partial charge >= 0.3 is 11.9 Å². The molecule has 9 nitrogen and oxygen atoms in total. The van der Waals surface area contributed by atoms with Crippen LogP contribution in [0.15, 0.2) is 97.2 Å². The van der Waals surface area contributed by atoms with E-state index in [2.05, 4.69) is 111 Å². The van der Waals surface area contributed by atoms with Crippen LogP contribution in [-0.4, -0.2) is 70.0 Å². The van der Waals surface area contributed by atoms with Crippen LogP contribution in [0, 0.1) is 0 Å². The summed E-state index contributed by atoms with van der Waals surface area (Å²) in [7, 11) is 1.18. The molecule has 0 aliphatic carbocycles. The molecule has 0 aromatic heterocycles. The van der Waals surface area contributed by atoms with E-state index in [9.17, 15) is 19.0 Å². The minimum Gasteiger partial charge on any atom is -0.756 e. The zero-order chi connectivity index (χ0) is 66.9. The molecule has 10 heteroatoms. The molecule has 0 rings (SSSR count). The van der Waals surface area contributed by atoms with Crippen molar-refractivity contribution in [2.45, 2.75) is 367 Å². The largest absolute Gasteiger partial charge is 0.756 e. The highest BCUT2D eigenvalue weighted by atomic mass is 31.2. The smallest absolute Gasteiger partial charge is 0.306 e. The predicted molar refractivity (Wildman–Crippen MR) is 397 cm³/mol. The third kappa shape index (κ3) is 76.0. The molecule has 2 atom stereocenters. The predicted octanol–water partition coefficient (Wildman–Crippen LogP) is 25.2. The Morgan fingerprint density at radius 1 is 0.348 bits per heavy atom. The number of ether oxygens (including phenoxy) is 2. The highest BCUT2D eigenvalue weighted by molar-refractivity contribution is 7.45. The third-order valence-electron chi connectivity index (χ3n) is 17.1. The first-order valence-corrected chi connectivity index (χ1v) is 40.4. The van der Waals surface area contributed by atoms with Crippen LogP contribution in [0.5, 0.6) is 0 Å². The lowest BCUT2D eigenvalue weighted by Gasteiger charge is -2.28. The first-order chi connectivity index (χ1) is 45.0. The van der Waals surface area contributed by atoms with Crippen LogP contribution in [0.25, 0.3) is 0 Å². The number of likely N-dealkylation sites (N-methyl/N-ethyl adjacent to an activating group) is 1. The summed E-state index contributed by atoms with van der Waals surface area (Å²) in [5.74, 6) is -0.818. The van der Waals surface area contributed by atoms with Gasteiger partial charge in [-0.1, -0.05) is 349 Å². The van der Waals surface area contributed by atoms with E-state index < -0.39 is 26.5 Å². The molecular weight excluding hydrogens is 1160 g/mol. The van der Waals surface area contributed by atoms with Gasteiger partial charge in [0.15, 0.2) is 6.10 Å². The van der Waals surface area contributed by atoms with Crippen molar-refractivity contribution in [2.24, 2.45) is 0 Å². The van der Waals surface area contributed by atoms with E-state index in [-0.39, 0.29) is 32.0 Å². The van der Waals surface area contributed by atoms with Gasteiger partial charge in [-0.05, 0) is 96.3 Å². The van der Waals surface area contributed by atoms with Gasteiger partial charge in [-0.15, -0.1) is 0 Å². The molecule has 0 radical (unpaired) electrons. The van der Waals surface area contributed by atoms with Crippen molar-refractivity contribution in [3.8, 4) is 0 Å².